The fourth-order valence-corrected chi connectivity index (χ4v) is 2.89. The number of hydrogen-bond donors (Lipinski definition) is 1. The Morgan fingerprint density at radius 3 is 2.50 bits per heavy atom. The molecule has 0 amide bonds. The lowest BCUT2D eigenvalue weighted by Gasteiger charge is -2.23. The fourth-order valence-electron chi connectivity index (χ4n) is 2.89. The highest BCUT2D eigenvalue weighted by atomic mass is 19.4. The van der Waals surface area contributed by atoms with Crippen molar-refractivity contribution in [2.75, 3.05) is 45.8 Å². The van der Waals surface area contributed by atoms with Crippen molar-refractivity contribution in [2.45, 2.75) is 31.5 Å². The number of rotatable bonds is 5. The SMILES string of the molecule is FC(F)(F)CNCCN1CCC(N2CCCC2)C1. The highest BCUT2D eigenvalue weighted by Crippen LogP contribution is 2.20. The number of alkyl halides is 3. The van der Waals surface area contributed by atoms with Crippen molar-refractivity contribution in [1.29, 1.82) is 0 Å². The van der Waals surface area contributed by atoms with Crippen molar-refractivity contribution in [3.63, 3.8) is 0 Å². The van der Waals surface area contributed by atoms with Gasteiger partial charge in [-0.25, -0.2) is 0 Å². The van der Waals surface area contributed by atoms with Crippen LogP contribution in [-0.4, -0.2) is 67.8 Å². The first-order valence-electron chi connectivity index (χ1n) is 6.78. The van der Waals surface area contributed by atoms with E-state index in [2.05, 4.69) is 15.1 Å². The van der Waals surface area contributed by atoms with E-state index in [-0.39, 0.29) is 0 Å². The van der Waals surface area contributed by atoms with Crippen LogP contribution in [0.2, 0.25) is 0 Å². The standard InChI is InChI=1S/C12H22F3N3/c13-12(14,15)10-16-4-8-17-7-3-11(9-17)18-5-1-2-6-18/h11,16H,1-10H2. The Kier molecular flexibility index (Phi) is 4.86. The highest BCUT2D eigenvalue weighted by molar-refractivity contribution is 4.85. The van der Waals surface area contributed by atoms with E-state index in [4.69, 9.17) is 0 Å². The minimum Gasteiger partial charge on any atom is -0.307 e. The number of nitrogens with zero attached hydrogens (tertiary/aromatic N) is 2. The van der Waals surface area contributed by atoms with Gasteiger partial charge >= 0.3 is 6.18 Å². The Balaban J connectivity index is 1.58. The summed E-state index contributed by atoms with van der Waals surface area (Å²) in [6.45, 7) is 4.71. The van der Waals surface area contributed by atoms with Crippen LogP contribution in [-0.2, 0) is 0 Å². The summed E-state index contributed by atoms with van der Waals surface area (Å²) >= 11 is 0. The Bertz CT molecular complexity index is 251. The molecule has 0 spiro atoms. The van der Waals surface area contributed by atoms with Gasteiger partial charge in [-0.2, -0.15) is 13.2 Å². The lowest BCUT2D eigenvalue weighted by molar-refractivity contribution is -0.124. The molecule has 1 atom stereocenters. The topological polar surface area (TPSA) is 18.5 Å². The van der Waals surface area contributed by atoms with E-state index in [9.17, 15) is 13.2 Å². The zero-order chi connectivity index (χ0) is 13.0. The van der Waals surface area contributed by atoms with Crippen LogP contribution in [0.1, 0.15) is 19.3 Å². The first-order chi connectivity index (χ1) is 8.54. The summed E-state index contributed by atoms with van der Waals surface area (Å²) in [5, 5.41) is 2.46. The van der Waals surface area contributed by atoms with E-state index in [1.807, 2.05) is 0 Å². The molecule has 18 heavy (non-hydrogen) atoms. The minimum absolute atomic E-state index is 0.423. The minimum atomic E-state index is -4.09. The predicted molar refractivity (Wildman–Crippen MR) is 64.6 cm³/mol. The highest BCUT2D eigenvalue weighted by Gasteiger charge is 2.29. The third-order valence-corrected chi connectivity index (χ3v) is 3.83. The van der Waals surface area contributed by atoms with Crippen LogP contribution < -0.4 is 5.32 Å². The van der Waals surface area contributed by atoms with Crippen LogP contribution in [0.15, 0.2) is 0 Å². The molecule has 2 saturated heterocycles. The molecule has 2 aliphatic heterocycles. The third-order valence-electron chi connectivity index (χ3n) is 3.83. The number of halogens is 3. The van der Waals surface area contributed by atoms with Crippen molar-refractivity contribution in [1.82, 2.24) is 15.1 Å². The number of hydrogen-bond acceptors (Lipinski definition) is 3. The molecule has 1 unspecified atom stereocenters. The van der Waals surface area contributed by atoms with Crippen LogP contribution in [0.4, 0.5) is 13.2 Å². The van der Waals surface area contributed by atoms with Crippen LogP contribution >= 0.6 is 0 Å². The maximum Gasteiger partial charge on any atom is 0.401 e. The molecule has 0 radical (unpaired) electrons. The second kappa shape index (κ2) is 6.21. The maximum atomic E-state index is 11.9. The summed E-state index contributed by atoms with van der Waals surface area (Å²) in [6.07, 6.45) is -0.338. The van der Waals surface area contributed by atoms with Crippen molar-refractivity contribution in [3.05, 3.63) is 0 Å². The second-order valence-corrected chi connectivity index (χ2v) is 5.28. The normalized spacial score (nSPS) is 27.2. The van der Waals surface area contributed by atoms with Crippen molar-refractivity contribution < 1.29 is 13.2 Å². The van der Waals surface area contributed by atoms with Gasteiger partial charge < -0.3 is 10.2 Å². The van der Waals surface area contributed by atoms with Crippen LogP contribution in [0.3, 0.4) is 0 Å². The lowest BCUT2D eigenvalue weighted by atomic mass is 10.2. The Hall–Kier alpha value is -0.330. The van der Waals surface area contributed by atoms with Crippen LogP contribution in [0, 0.1) is 0 Å². The van der Waals surface area contributed by atoms with Gasteiger partial charge in [0.15, 0.2) is 0 Å². The molecule has 2 fully saturated rings. The lowest BCUT2D eigenvalue weighted by Crippen LogP contribution is -2.38. The van der Waals surface area contributed by atoms with E-state index in [1.54, 1.807) is 0 Å². The average Bonchev–Trinajstić information content (AvgIpc) is 2.93. The molecular formula is C12H22F3N3. The van der Waals surface area contributed by atoms with Crippen molar-refractivity contribution in [3.8, 4) is 0 Å². The summed E-state index contributed by atoms with van der Waals surface area (Å²) in [6, 6.07) is 0.634. The van der Waals surface area contributed by atoms with Gasteiger partial charge in [0.1, 0.15) is 0 Å². The third kappa shape index (κ3) is 4.40. The number of likely N-dealkylation sites (tertiary alicyclic amines) is 2. The smallest absolute Gasteiger partial charge is 0.307 e. The molecule has 1 N–H and O–H groups in total. The van der Waals surface area contributed by atoms with Crippen molar-refractivity contribution >= 4 is 0 Å². The number of nitrogens with one attached hydrogen (secondary N) is 1. The first kappa shape index (κ1) is 14.1. The molecule has 106 valence electrons. The molecule has 6 heteroatoms. The largest absolute Gasteiger partial charge is 0.401 e. The van der Waals surface area contributed by atoms with Crippen LogP contribution in [0.5, 0.6) is 0 Å². The van der Waals surface area contributed by atoms with Gasteiger partial charge in [0.25, 0.3) is 0 Å². The van der Waals surface area contributed by atoms with E-state index in [0.29, 0.717) is 12.6 Å². The van der Waals surface area contributed by atoms with Gasteiger partial charge in [-0.15, -0.1) is 0 Å². The summed E-state index contributed by atoms with van der Waals surface area (Å²) in [7, 11) is 0. The molecule has 0 aromatic carbocycles. The van der Waals surface area contributed by atoms with Gasteiger partial charge in [-0.05, 0) is 38.9 Å². The maximum absolute atomic E-state index is 11.9. The zero-order valence-corrected chi connectivity index (χ0v) is 10.7. The molecule has 2 heterocycles. The Morgan fingerprint density at radius 2 is 1.83 bits per heavy atom. The predicted octanol–water partition coefficient (Wildman–Crippen LogP) is 1.31. The zero-order valence-electron chi connectivity index (χ0n) is 10.7. The molecule has 0 saturated carbocycles. The Morgan fingerprint density at radius 1 is 1.11 bits per heavy atom. The molecule has 0 aliphatic carbocycles. The first-order valence-corrected chi connectivity index (χ1v) is 6.78. The van der Waals surface area contributed by atoms with Gasteiger partial charge in [0.05, 0.1) is 6.54 Å². The molecule has 2 rings (SSSR count). The van der Waals surface area contributed by atoms with Gasteiger partial charge in [-0.1, -0.05) is 0 Å². The summed E-state index contributed by atoms with van der Waals surface area (Å²) in [4.78, 5) is 4.80. The van der Waals surface area contributed by atoms with Crippen LogP contribution in [0.25, 0.3) is 0 Å². The van der Waals surface area contributed by atoms with Gasteiger partial charge in [-0.3, -0.25) is 4.90 Å². The molecule has 0 aromatic rings. The molecule has 3 nitrogen and oxygen atoms in total. The van der Waals surface area contributed by atoms with Crippen molar-refractivity contribution in [2.24, 2.45) is 0 Å². The van der Waals surface area contributed by atoms with E-state index >= 15 is 0 Å². The summed E-state index contributed by atoms with van der Waals surface area (Å²) in [5.41, 5.74) is 0. The monoisotopic (exact) mass is 265 g/mol. The van der Waals surface area contributed by atoms with E-state index < -0.39 is 12.7 Å². The molecule has 0 bridgehead atoms. The molecule has 2 aliphatic rings. The summed E-state index contributed by atoms with van der Waals surface area (Å²) < 4.78 is 35.8. The Labute approximate surface area is 106 Å². The molecule has 0 aromatic heterocycles. The molecular weight excluding hydrogens is 243 g/mol. The van der Waals surface area contributed by atoms with E-state index in [0.717, 1.165) is 19.6 Å². The van der Waals surface area contributed by atoms with Gasteiger partial charge in [0, 0.05) is 25.7 Å². The quantitative estimate of drug-likeness (QED) is 0.756. The second-order valence-electron chi connectivity index (χ2n) is 5.28. The van der Waals surface area contributed by atoms with Gasteiger partial charge in [0.2, 0.25) is 0 Å². The average molecular weight is 265 g/mol. The summed E-state index contributed by atoms with van der Waals surface area (Å²) in [5.74, 6) is 0. The van der Waals surface area contributed by atoms with E-state index in [1.165, 1.54) is 32.4 Å². The fraction of sp³-hybridized carbons (Fsp3) is 1.00.